The summed E-state index contributed by atoms with van der Waals surface area (Å²) in [7, 11) is 0. The fourth-order valence-electron chi connectivity index (χ4n) is 1.46. The van der Waals surface area contributed by atoms with E-state index in [0.717, 1.165) is 4.90 Å². The van der Waals surface area contributed by atoms with Gasteiger partial charge in [0, 0.05) is 23.5 Å². The van der Waals surface area contributed by atoms with E-state index in [1.54, 1.807) is 0 Å². The van der Waals surface area contributed by atoms with Crippen LogP contribution in [0.25, 0.3) is 0 Å². The van der Waals surface area contributed by atoms with E-state index in [1.807, 2.05) is 26.0 Å². The number of ether oxygens (including phenoxy) is 2. The first-order valence-corrected chi connectivity index (χ1v) is 8.33. The Morgan fingerprint density at radius 2 is 1.59 bits per heavy atom. The number of aryl methyl sites for hydroxylation is 1. The van der Waals surface area contributed by atoms with Crippen molar-refractivity contribution >= 4 is 12.0 Å². The predicted molar refractivity (Wildman–Crippen MR) is 88.8 cm³/mol. The van der Waals surface area contributed by atoms with E-state index >= 15 is 0 Å². The largest absolute Gasteiger partial charge is 0.378 e. The van der Waals surface area contributed by atoms with Gasteiger partial charge in [-0.1, -0.05) is 17.7 Å². The molecule has 0 aliphatic carbocycles. The van der Waals surface area contributed by atoms with E-state index < -0.39 is 0 Å². The maximum atomic E-state index is 5.47. The van der Waals surface area contributed by atoms with Crippen molar-refractivity contribution in [3.63, 3.8) is 0 Å². The van der Waals surface area contributed by atoms with Crippen molar-refractivity contribution < 1.29 is 18.5 Å². The minimum Gasteiger partial charge on any atom is -0.378 e. The van der Waals surface area contributed by atoms with Gasteiger partial charge in [-0.15, -0.1) is 0 Å². The number of hydroxylamine groups is 1. The number of hydrogen-bond acceptors (Lipinski definition) is 6. The second-order valence-corrected chi connectivity index (χ2v) is 5.88. The number of nitrogens with one attached hydrogen (secondary N) is 1. The maximum Gasteiger partial charge on any atom is 0.0852 e. The normalized spacial score (nSPS) is 11.3. The van der Waals surface area contributed by atoms with Crippen molar-refractivity contribution in [2.45, 2.75) is 31.8 Å². The molecule has 1 N–H and O–H groups in total. The molecule has 22 heavy (non-hydrogen) atoms. The van der Waals surface area contributed by atoms with Crippen LogP contribution < -0.4 is 5.48 Å². The Kier molecular flexibility index (Phi) is 11.4. The van der Waals surface area contributed by atoms with Gasteiger partial charge in [0.25, 0.3) is 0 Å². The van der Waals surface area contributed by atoms with Crippen LogP contribution in [-0.2, 0) is 18.5 Å². The average Bonchev–Trinajstić information content (AvgIpc) is 2.50. The molecule has 1 aromatic rings. The Morgan fingerprint density at radius 3 is 2.27 bits per heavy atom. The zero-order valence-corrected chi connectivity index (χ0v) is 14.5. The lowest BCUT2D eigenvalue weighted by Gasteiger charge is -2.09. The summed E-state index contributed by atoms with van der Waals surface area (Å²) < 4.78 is 16.3. The molecule has 0 aliphatic rings. The highest BCUT2D eigenvalue weighted by atomic mass is 32.2. The van der Waals surface area contributed by atoms with Crippen LogP contribution in [0.15, 0.2) is 29.2 Å². The quantitative estimate of drug-likeness (QED) is 0.341. The highest BCUT2D eigenvalue weighted by molar-refractivity contribution is 7.94. The molecule has 0 unspecified atom stereocenters. The molecule has 0 spiro atoms. The summed E-state index contributed by atoms with van der Waals surface area (Å²) in [5, 5.41) is 0. The van der Waals surface area contributed by atoms with Gasteiger partial charge in [-0.3, -0.25) is 4.84 Å². The van der Waals surface area contributed by atoms with E-state index in [-0.39, 0.29) is 6.10 Å². The second kappa shape index (κ2) is 12.9. The summed E-state index contributed by atoms with van der Waals surface area (Å²) in [6.45, 7) is 9.57. The summed E-state index contributed by atoms with van der Waals surface area (Å²) in [5.41, 5.74) is 4.08. The second-order valence-electron chi connectivity index (χ2n) is 5.00. The highest BCUT2D eigenvalue weighted by Gasteiger charge is 1.96. The molecule has 0 bridgehead atoms. The molecule has 0 radical (unpaired) electrons. The van der Waals surface area contributed by atoms with Crippen molar-refractivity contribution in [3.05, 3.63) is 29.8 Å². The first-order valence-electron chi connectivity index (χ1n) is 7.58. The van der Waals surface area contributed by atoms with Gasteiger partial charge < -0.3 is 13.7 Å². The molecule has 0 atom stereocenters. The van der Waals surface area contributed by atoms with Crippen LogP contribution in [-0.4, -0.2) is 45.7 Å². The molecular weight excluding hydrogens is 302 g/mol. The Bertz CT molecular complexity index is 373. The van der Waals surface area contributed by atoms with Gasteiger partial charge in [-0.2, -0.15) is 5.48 Å². The fraction of sp³-hybridized carbons (Fsp3) is 0.625. The Balaban J connectivity index is 1.81. The Hall–Kier alpha value is -0.630. The number of benzene rings is 1. The SMILES string of the molecule is Cc1ccc(SOCCOCCOCCNOC(C)C)cc1. The van der Waals surface area contributed by atoms with Crippen molar-refractivity contribution in [1.82, 2.24) is 5.48 Å². The summed E-state index contributed by atoms with van der Waals surface area (Å²) in [6, 6.07) is 8.23. The van der Waals surface area contributed by atoms with Gasteiger partial charge in [0.05, 0.1) is 39.1 Å². The minimum atomic E-state index is 0.182. The third-order valence-corrected chi connectivity index (χ3v) is 3.28. The van der Waals surface area contributed by atoms with Gasteiger partial charge >= 0.3 is 0 Å². The van der Waals surface area contributed by atoms with E-state index in [4.69, 9.17) is 18.5 Å². The monoisotopic (exact) mass is 329 g/mol. The average molecular weight is 329 g/mol. The molecule has 0 heterocycles. The van der Waals surface area contributed by atoms with E-state index in [9.17, 15) is 0 Å². The third-order valence-electron chi connectivity index (χ3n) is 2.53. The van der Waals surface area contributed by atoms with Crippen molar-refractivity contribution in [1.29, 1.82) is 0 Å². The summed E-state index contributed by atoms with van der Waals surface area (Å²) in [4.78, 5) is 6.28. The van der Waals surface area contributed by atoms with Crippen LogP contribution in [0.5, 0.6) is 0 Å². The summed E-state index contributed by atoms with van der Waals surface area (Å²) >= 11 is 1.38. The van der Waals surface area contributed by atoms with Gasteiger partial charge in [0.15, 0.2) is 0 Å². The van der Waals surface area contributed by atoms with Gasteiger partial charge in [-0.05, 0) is 32.9 Å². The van der Waals surface area contributed by atoms with Crippen LogP contribution in [0.4, 0.5) is 0 Å². The van der Waals surface area contributed by atoms with Crippen molar-refractivity contribution in [3.8, 4) is 0 Å². The molecule has 0 saturated carbocycles. The number of rotatable bonds is 13. The molecule has 0 aromatic heterocycles. The van der Waals surface area contributed by atoms with E-state index in [2.05, 4.69) is 24.5 Å². The molecule has 0 saturated heterocycles. The smallest absolute Gasteiger partial charge is 0.0852 e. The van der Waals surface area contributed by atoms with E-state index in [1.165, 1.54) is 17.6 Å². The zero-order valence-electron chi connectivity index (χ0n) is 13.7. The Labute approximate surface area is 137 Å². The molecule has 126 valence electrons. The molecule has 1 rings (SSSR count). The standard InChI is InChI=1S/C16H27NO4S/c1-14(2)21-17-8-9-18-10-11-19-12-13-20-22-16-6-4-15(3)5-7-16/h4-7,14,17H,8-13H2,1-3H3. The topological polar surface area (TPSA) is 49.0 Å². The molecule has 1 aromatic carbocycles. The lowest BCUT2D eigenvalue weighted by Crippen LogP contribution is -2.24. The predicted octanol–water partition coefficient (Wildman–Crippen LogP) is 2.98. The number of hydrogen-bond donors (Lipinski definition) is 1. The molecule has 0 aliphatic heterocycles. The van der Waals surface area contributed by atoms with Gasteiger partial charge in [-0.25, -0.2) is 0 Å². The molecule has 0 fully saturated rings. The third kappa shape index (κ3) is 11.0. The Morgan fingerprint density at radius 1 is 0.955 bits per heavy atom. The summed E-state index contributed by atoms with van der Waals surface area (Å²) in [6.07, 6.45) is 0.182. The van der Waals surface area contributed by atoms with Gasteiger partial charge in [0.1, 0.15) is 0 Å². The van der Waals surface area contributed by atoms with Gasteiger partial charge in [0.2, 0.25) is 0 Å². The fourth-order valence-corrected chi connectivity index (χ4v) is 1.99. The van der Waals surface area contributed by atoms with Crippen LogP contribution in [0.1, 0.15) is 19.4 Å². The van der Waals surface area contributed by atoms with E-state index in [0.29, 0.717) is 39.6 Å². The first-order chi connectivity index (χ1) is 10.7. The van der Waals surface area contributed by atoms with Crippen LogP contribution >= 0.6 is 12.0 Å². The van der Waals surface area contributed by atoms with Crippen LogP contribution in [0.3, 0.4) is 0 Å². The maximum absolute atomic E-state index is 5.47. The molecular formula is C16H27NO4S. The first kappa shape index (κ1) is 19.4. The lowest BCUT2D eigenvalue weighted by molar-refractivity contribution is -0.0233. The summed E-state index contributed by atoms with van der Waals surface area (Å²) in [5.74, 6) is 0. The van der Waals surface area contributed by atoms with Crippen LogP contribution in [0, 0.1) is 6.92 Å². The zero-order chi connectivity index (χ0) is 16.0. The lowest BCUT2D eigenvalue weighted by atomic mass is 10.2. The molecule has 0 amide bonds. The van der Waals surface area contributed by atoms with Crippen molar-refractivity contribution in [2.75, 3.05) is 39.6 Å². The minimum absolute atomic E-state index is 0.182. The molecule has 6 heteroatoms. The molecule has 5 nitrogen and oxygen atoms in total. The van der Waals surface area contributed by atoms with Crippen LogP contribution in [0.2, 0.25) is 0 Å². The highest BCUT2D eigenvalue weighted by Crippen LogP contribution is 2.18. The van der Waals surface area contributed by atoms with Crippen molar-refractivity contribution in [2.24, 2.45) is 0 Å².